The Morgan fingerprint density at radius 1 is 1.29 bits per heavy atom. The molecule has 28 heavy (non-hydrogen) atoms. The first-order valence-electron chi connectivity index (χ1n) is 9.59. The molecule has 2 aromatic rings. The van der Waals surface area contributed by atoms with Crippen molar-refractivity contribution in [2.24, 2.45) is 0 Å². The Hall–Kier alpha value is -2.67. The lowest BCUT2D eigenvalue weighted by Gasteiger charge is -2.20. The number of amides is 2. The average Bonchev–Trinajstić information content (AvgIpc) is 3.14. The van der Waals surface area contributed by atoms with Gasteiger partial charge in [-0.25, -0.2) is 4.98 Å². The maximum Gasteiger partial charge on any atom is 0.266 e. The highest BCUT2D eigenvalue weighted by Gasteiger charge is 2.23. The van der Waals surface area contributed by atoms with Crippen molar-refractivity contribution in [2.75, 3.05) is 23.4 Å². The monoisotopic (exact) mass is 397 g/mol. The minimum atomic E-state index is -0.142. The van der Waals surface area contributed by atoms with Crippen LogP contribution in [0.15, 0.2) is 30.9 Å². The standard InChI is InChI=1S/C21H23N3O3S/c1-2-11-24(21-23-17-5-3-4-6-18(17)28-21)20(26)13-27-15-8-9-16-14(12-15)7-10-19(25)22-16/h2,8-9,12H,1,3-7,10-11,13H2,(H,22,25). The van der Waals surface area contributed by atoms with E-state index in [1.807, 2.05) is 12.1 Å². The van der Waals surface area contributed by atoms with Gasteiger partial charge in [-0.1, -0.05) is 6.08 Å². The molecule has 4 rings (SSSR count). The molecule has 1 aromatic carbocycles. The van der Waals surface area contributed by atoms with Gasteiger partial charge in [0.05, 0.1) is 5.69 Å². The van der Waals surface area contributed by atoms with E-state index in [1.54, 1.807) is 28.4 Å². The fourth-order valence-electron chi connectivity index (χ4n) is 3.54. The van der Waals surface area contributed by atoms with Gasteiger partial charge in [0.15, 0.2) is 11.7 Å². The lowest BCUT2D eigenvalue weighted by atomic mass is 10.0. The second-order valence-electron chi connectivity index (χ2n) is 7.02. The number of nitrogens with one attached hydrogen (secondary N) is 1. The quantitative estimate of drug-likeness (QED) is 0.758. The zero-order valence-electron chi connectivity index (χ0n) is 15.7. The number of ether oxygens (including phenoxy) is 1. The number of fused-ring (bicyclic) bond motifs is 2. The van der Waals surface area contributed by atoms with E-state index >= 15 is 0 Å². The van der Waals surface area contributed by atoms with E-state index in [9.17, 15) is 9.59 Å². The molecule has 0 radical (unpaired) electrons. The summed E-state index contributed by atoms with van der Waals surface area (Å²) in [4.78, 5) is 31.9. The third kappa shape index (κ3) is 3.94. The van der Waals surface area contributed by atoms with Crippen molar-refractivity contribution in [1.29, 1.82) is 0 Å². The van der Waals surface area contributed by atoms with Crippen LogP contribution in [0, 0.1) is 0 Å². The molecule has 0 bridgehead atoms. The molecule has 1 aliphatic heterocycles. The predicted octanol–water partition coefficient (Wildman–Crippen LogP) is 3.50. The van der Waals surface area contributed by atoms with Crippen molar-refractivity contribution in [3.05, 3.63) is 47.0 Å². The minimum absolute atomic E-state index is 0.0301. The summed E-state index contributed by atoms with van der Waals surface area (Å²) < 4.78 is 5.75. The molecule has 6 nitrogen and oxygen atoms in total. The number of aryl methyl sites for hydroxylation is 3. The third-order valence-corrected chi connectivity index (χ3v) is 6.19. The number of benzene rings is 1. The van der Waals surface area contributed by atoms with Gasteiger partial charge in [-0.2, -0.15) is 0 Å². The summed E-state index contributed by atoms with van der Waals surface area (Å²) in [6.45, 7) is 4.11. The van der Waals surface area contributed by atoms with Crippen molar-refractivity contribution < 1.29 is 14.3 Å². The minimum Gasteiger partial charge on any atom is -0.484 e. The SMILES string of the molecule is C=CCN(C(=O)COc1ccc2c(c1)CCC(=O)N2)c1nc2c(s1)CCCC2. The number of hydrogen-bond donors (Lipinski definition) is 1. The predicted molar refractivity (Wildman–Crippen MR) is 110 cm³/mol. The first-order chi connectivity index (χ1) is 13.6. The van der Waals surface area contributed by atoms with Crippen LogP contribution in [0.5, 0.6) is 5.75 Å². The molecule has 1 aliphatic carbocycles. The van der Waals surface area contributed by atoms with Crippen LogP contribution >= 0.6 is 11.3 Å². The molecule has 1 aromatic heterocycles. The van der Waals surface area contributed by atoms with Crippen LogP contribution in [-0.2, 0) is 28.9 Å². The topological polar surface area (TPSA) is 71.5 Å². The van der Waals surface area contributed by atoms with Crippen molar-refractivity contribution in [3.63, 3.8) is 0 Å². The van der Waals surface area contributed by atoms with E-state index in [1.165, 1.54) is 11.3 Å². The van der Waals surface area contributed by atoms with E-state index in [2.05, 4.69) is 11.9 Å². The summed E-state index contributed by atoms with van der Waals surface area (Å²) in [7, 11) is 0. The summed E-state index contributed by atoms with van der Waals surface area (Å²) in [6, 6.07) is 5.49. The van der Waals surface area contributed by atoms with E-state index in [-0.39, 0.29) is 18.4 Å². The van der Waals surface area contributed by atoms with E-state index in [0.29, 0.717) is 25.1 Å². The Labute approximate surface area is 168 Å². The lowest BCUT2D eigenvalue weighted by Crippen LogP contribution is -2.35. The molecule has 2 amide bonds. The van der Waals surface area contributed by atoms with Gasteiger partial charge >= 0.3 is 0 Å². The molecule has 0 spiro atoms. The van der Waals surface area contributed by atoms with Gasteiger partial charge in [-0.05, 0) is 55.9 Å². The number of hydrogen-bond acceptors (Lipinski definition) is 5. The number of carbonyl (C=O) groups excluding carboxylic acids is 2. The van der Waals surface area contributed by atoms with Crippen LogP contribution in [0.4, 0.5) is 10.8 Å². The number of carbonyl (C=O) groups is 2. The molecular formula is C21H23N3O3S. The Balaban J connectivity index is 1.44. The average molecular weight is 398 g/mol. The number of aromatic nitrogens is 1. The second-order valence-corrected chi connectivity index (χ2v) is 8.08. The maximum atomic E-state index is 12.8. The fraction of sp³-hybridized carbons (Fsp3) is 0.381. The highest BCUT2D eigenvalue weighted by Crippen LogP contribution is 2.32. The first kappa shape index (κ1) is 18.7. The second kappa shape index (κ2) is 8.14. The molecule has 146 valence electrons. The van der Waals surface area contributed by atoms with Crippen LogP contribution in [-0.4, -0.2) is 29.9 Å². The van der Waals surface area contributed by atoms with Crippen LogP contribution in [0.1, 0.15) is 35.4 Å². The van der Waals surface area contributed by atoms with Crippen molar-refractivity contribution in [3.8, 4) is 5.75 Å². The van der Waals surface area contributed by atoms with E-state index < -0.39 is 0 Å². The van der Waals surface area contributed by atoms with Crippen molar-refractivity contribution in [2.45, 2.75) is 38.5 Å². The Morgan fingerprint density at radius 2 is 2.14 bits per heavy atom. The summed E-state index contributed by atoms with van der Waals surface area (Å²) in [6.07, 6.45) is 7.24. The molecule has 2 heterocycles. The summed E-state index contributed by atoms with van der Waals surface area (Å²) in [5, 5.41) is 3.57. The molecular weight excluding hydrogens is 374 g/mol. The third-order valence-electron chi connectivity index (χ3n) is 5.01. The summed E-state index contributed by atoms with van der Waals surface area (Å²) in [5.41, 5.74) is 2.97. The van der Waals surface area contributed by atoms with Gasteiger partial charge in [-0.3, -0.25) is 14.5 Å². The van der Waals surface area contributed by atoms with Gasteiger partial charge < -0.3 is 10.1 Å². The van der Waals surface area contributed by atoms with Crippen LogP contribution in [0.25, 0.3) is 0 Å². The molecule has 0 saturated heterocycles. The summed E-state index contributed by atoms with van der Waals surface area (Å²) >= 11 is 1.60. The molecule has 1 N–H and O–H groups in total. The molecule has 0 unspecified atom stereocenters. The van der Waals surface area contributed by atoms with Crippen molar-refractivity contribution >= 4 is 34.0 Å². The smallest absolute Gasteiger partial charge is 0.266 e. The number of thiazole rings is 1. The molecule has 0 fully saturated rings. The number of nitrogens with zero attached hydrogens (tertiary/aromatic N) is 2. The molecule has 0 atom stereocenters. The largest absolute Gasteiger partial charge is 0.484 e. The molecule has 0 saturated carbocycles. The zero-order chi connectivity index (χ0) is 19.5. The first-order valence-corrected chi connectivity index (χ1v) is 10.4. The van der Waals surface area contributed by atoms with Crippen LogP contribution in [0.2, 0.25) is 0 Å². The summed E-state index contributed by atoms with van der Waals surface area (Å²) in [5.74, 6) is 0.514. The number of anilines is 2. The lowest BCUT2D eigenvalue weighted by molar-refractivity contribution is -0.120. The fourth-order valence-corrected chi connectivity index (χ4v) is 4.72. The Bertz CT molecular complexity index is 898. The highest BCUT2D eigenvalue weighted by molar-refractivity contribution is 7.16. The van der Waals surface area contributed by atoms with Crippen LogP contribution in [0.3, 0.4) is 0 Å². The van der Waals surface area contributed by atoms with Crippen LogP contribution < -0.4 is 15.0 Å². The van der Waals surface area contributed by atoms with Gasteiger partial charge in [-0.15, -0.1) is 17.9 Å². The highest BCUT2D eigenvalue weighted by atomic mass is 32.1. The van der Waals surface area contributed by atoms with E-state index in [4.69, 9.17) is 9.72 Å². The maximum absolute atomic E-state index is 12.8. The number of rotatable bonds is 6. The van der Waals surface area contributed by atoms with Gasteiger partial charge in [0.25, 0.3) is 5.91 Å². The van der Waals surface area contributed by atoms with Crippen molar-refractivity contribution in [1.82, 2.24) is 4.98 Å². The Morgan fingerprint density at radius 3 is 2.96 bits per heavy atom. The normalized spacial score (nSPS) is 15.2. The van der Waals surface area contributed by atoms with Gasteiger partial charge in [0, 0.05) is 23.5 Å². The van der Waals surface area contributed by atoms with E-state index in [0.717, 1.165) is 41.3 Å². The molecule has 7 heteroatoms. The van der Waals surface area contributed by atoms with Gasteiger partial charge in [0.2, 0.25) is 5.91 Å². The Kier molecular flexibility index (Phi) is 5.43. The zero-order valence-corrected chi connectivity index (χ0v) is 16.5. The molecule has 2 aliphatic rings. The van der Waals surface area contributed by atoms with Gasteiger partial charge in [0.1, 0.15) is 5.75 Å².